The summed E-state index contributed by atoms with van der Waals surface area (Å²) < 4.78 is 0. The van der Waals surface area contributed by atoms with Crippen molar-refractivity contribution in [2.45, 2.75) is 6.42 Å². The number of amides is 2. The van der Waals surface area contributed by atoms with Gasteiger partial charge in [0.1, 0.15) is 0 Å². The van der Waals surface area contributed by atoms with Gasteiger partial charge in [-0.3, -0.25) is 9.59 Å². The summed E-state index contributed by atoms with van der Waals surface area (Å²) in [6, 6.07) is 2.95. The zero-order valence-corrected chi connectivity index (χ0v) is 13.0. The minimum Gasteiger partial charge on any atom is -0.274 e. The van der Waals surface area contributed by atoms with Crippen LogP contribution in [-0.4, -0.2) is 11.8 Å². The number of benzene rings is 1. The maximum Gasteiger partial charge on any atom is 0.238 e. The molecule has 1 aliphatic heterocycles. The number of carbonyl (C=O) groups excluding carboxylic acids is 2. The number of hydrogen-bond acceptors (Lipinski definition) is 2. The van der Waals surface area contributed by atoms with Gasteiger partial charge in [-0.2, -0.15) is 0 Å². The molecule has 0 unspecified atom stereocenters. The van der Waals surface area contributed by atoms with Crippen molar-refractivity contribution in [3.63, 3.8) is 0 Å². The zero-order valence-electron chi connectivity index (χ0n) is 10.7. The second-order valence-electron chi connectivity index (χ2n) is 5.73. The predicted molar refractivity (Wildman–Crippen MR) is 81.7 cm³/mol. The third-order valence-electron chi connectivity index (χ3n) is 4.70. The molecule has 2 fully saturated rings. The largest absolute Gasteiger partial charge is 0.274 e. The van der Waals surface area contributed by atoms with Gasteiger partial charge in [0.25, 0.3) is 0 Å². The number of anilines is 1. The fraction of sp³-hybridized carbons (Fsp3) is 0.333. The second-order valence-corrected chi connectivity index (χ2v) is 6.95. The lowest BCUT2D eigenvalue weighted by atomic mass is 9.85. The Kier molecular flexibility index (Phi) is 2.91. The maximum atomic E-state index is 12.7. The molecule has 0 radical (unpaired) electrons. The molecule has 1 aromatic carbocycles. The first-order valence-electron chi connectivity index (χ1n) is 6.69. The van der Waals surface area contributed by atoms with Crippen LogP contribution >= 0.6 is 34.8 Å². The van der Waals surface area contributed by atoms with Gasteiger partial charge in [-0.05, 0) is 30.4 Å². The van der Waals surface area contributed by atoms with Crippen molar-refractivity contribution in [1.82, 2.24) is 0 Å². The molecular formula is C15H10Cl3NO2. The highest BCUT2D eigenvalue weighted by molar-refractivity contribution is 6.44. The predicted octanol–water partition coefficient (Wildman–Crippen LogP) is 3.96. The summed E-state index contributed by atoms with van der Waals surface area (Å²) in [6.07, 6.45) is 5.00. The summed E-state index contributed by atoms with van der Waals surface area (Å²) in [4.78, 5) is 26.5. The molecule has 2 aliphatic carbocycles. The Morgan fingerprint density at radius 2 is 1.38 bits per heavy atom. The van der Waals surface area contributed by atoms with Crippen LogP contribution in [0.25, 0.3) is 0 Å². The van der Waals surface area contributed by atoms with Crippen LogP contribution in [0.15, 0.2) is 24.3 Å². The van der Waals surface area contributed by atoms with E-state index in [1.807, 2.05) is 0 Å². The van der Waals surface area contributed by atoms with E-state index in [2.05, 4.69) is 12.2 Å². The number of imide groups is 1. The Morgan fingerprint density at radius 3 is 1.95 bits per heavy atom. The van der Waals surface area contributed by atoms with Gasteiger partial charge in [0.15, 0.2) is 0 Å². The summed E-state index contributed by atoms with van der Waals surface area (Å²) in [5.74, 6) is -0.522. The molecule has 4 rings (SSSR count). The highest BCUT2D eigenvalue weighted by Crippen LogP contribution is 2.54. The lowest BCUT2D eigenvalue weighted by Crippen LogP contribution is -2.33. The van der Waals surface area contributed by atoms with Crippen molar-refractivity contribution in [3.05, 3.63) is 39.4 Å². The van der Waals surface area contributed by atoms with Crippen molar-refractivity contribution >= 4 is 52.3 Å². The standard InChI is InChI=1S/C15H10Cl3NO2/c16-8-4-10(18)11(5-9(8)17)19-14(20)12-6-1-2-7(3-6)13(12)15(19)21/h1-2,4-7,12-13H,3H2/t6-,7+,12-,13+. The number of hydrogen-bond donors (Lipinski definition) is 0. The monoisotopic (exact) mass is 341 g/mol. The highest BCUT2D eigenvalue weighted by Gasteiger charge is 2.59. The van der Waals surface area contributed by atoms with Gasteiger partial charge in [-0.15, -0.1) is 0 Å². The van der Waals surface area contributed by atoms with Crippen molar-refractivity contribution in [2.75, 3.05) is 4.90 Å². The van der Waals surface area contributed by atoms with E-state index in [1.165, 1.54) is 17.0 Å². The second kappa shape index (κ2) is 4.48. The van der Waals surface area contributed by atoms with Gasteiger partial charge in [-0.25, -0.2) is 4.90 Å². The third kappa shape index (κ3) is 1.74. The number of nitrogens with zero attached hydrogens (tertiary/aromatic N) is 1. The average molecular weight is 343 g/mol. The number of fused-ring (bicyclic) bond motifs is 5. The Hall–Kier alpha value is -1.03. The van der Waals surface area contributed by atoms with E-state index in [4.69, 9.17) is 34.8 Å². The lowest BCUT2D eigenvalue weighted by Gasteiger charge is -2.19. The summed E-state index contributed by atoms with van der Waals surface area (Å²) in [6.45, 7) is 0. The van der Waals surface area contributed by atoms with Crippen LogP contribution in [0.2, 0.25) is 15.1 Å². The van der Waals surface area contributed by atoms with E-state index in [1.54, 1.807) is 0 Å². The zero-order chi connectivity index (χ0) is 14.9. The Balaban J connectivity index is 1.80. The number of carbonyl (C=O) groups is 2. The van der Waals surface area contributed by atoms with Gasteiger partial charge in [0.05, 0.1) is 32.6 Å². The van der Waals surface area contributed by atoms with Gasteiger partial charge in [-0.1, -0.05) is 47.0 Å². The number of allylic oxidation sites excluding steroid dienone is 2. The Labute approximate surface area is 136 Å². The summed E-state index contributed by atoms with van der Waals surface area (Å²) in [5.41, 5.74) is 0.329. The Bertz CT molecular complexity index is 685. The minimum absolute atomic E-state index is 0.169. The molecule has 3 nitrogen and oxygen atoms in total. The third-order valence-corrected chi connectivity index (χ3v) is 5.73. The molecule has 0 N–H and O–H groups in total. The molecule has 0 spiro atoms. The van der Waals surface area contributed by atoms with E-state index in [9.17, 15) is 9.59 Å². The number of halogens is 3. The van der Waals surface area contributed by atoms with Gasteiger partial charge < -0.3 is 0 Å². The molecule has 1 saturated heterocycles. The molecular weight excluding hydrogens is 333 g/mol. The van der Waals surface area contributed by atoms with Crippen molar-refractivity contribution in [2.24, 2.45) is 23.7 Å². The summed E-state index contributed by atoms with van der Waals surface area (Å²) in [7, 11) is 0. The van der Waals surface area contributed by atoms with E-state index < -0.39 is 0 Å². The average Bonchev–Trinajstić information content (AvgIpc) is 3.09. The fourth-order valence-corrected chi connectivity index (χ4v) is 4.45. The molecule has 108 valence electrons. The van der Waals surface area contributed by atoms with Crippen molar-refractivity contribution < 1.29 is 9.59 Å². The molecule has 1 aromatic rings. The van der Waals surface area contributed by atoms with Crippen molar-refractivity contribution in [1.29, 1.82) is 0 Å². The molecule has 4 atom stereocenters. The minimum atomic E-state index is -0.252. The SMILES string of the molecule is O=C1[C@@H]2[C@H](C(=O)N1c1cc(Cl)c(Cl)cc1Cl)[C@@H]1C=C[C@H]2C1. The van der Waals surface area contributed by atoms with Crippen LogP contribution < -0.4 is 4.90 Å². The van der Waals surface area contributed by atoms with E-state index in [0.717, 1.165) is 6.42 Å². The maximum absolute atomic E-state index is 12.7. The highest BCUT2D eigenvalue weighted by atomic mass is 35.5. The quantitative estimate of drug-likeness (QED) is 0.440. The molecule has 2 amide bonds. The van der Waals surface area contributed by atoms with Crippen molar-refractivity contribution in [3.8, 4) is 0 Å². The summed E-state index contributed by atoms with van der Waals surface area (Å²) >= 11 is 18.1. The van der Waals surface area contributed by atoms with Gasteiger partial charge in [0.2, 0.25) is 11.8 Å². The normalized spacial score (nSPS) is 33.2. The van der Waals surface area contributed by atoms with Gasteiger partial charge in [0, 0.05) is 0 Å². The van der Waals surface area contributed by atoms with Crippen LogP contribution in [0.3, 0.4) is 0 Å². The molecule has 21 heavy (non-hydrogen) atoms. The first-order chi connectivity index (χ1) is 9.99. The van der Waals surface area contributed by atoms with Crippen LogP contribution in [0.5, 0.6) is 0 Å². The van der Waals surface area contributed by atoms with E-state index >= 15 is 0 Å². The molecule has 6 heteroatoms. The Morgan fingerprint density at radius 1 is 0.857 bits per heavy atom. The van der Waals surface area contributed by atoms with Crippen LogP contribution in [0.1, 0.15) is 6.42 Å². The molecule has 1 heterocycles. The van der Waals surface area contributed by atoms with Gasteiger partial charge >= 0.3 is 0 Å². The first-order valence-corrected chi connectivity index (χ1v) is 7.83. The summed E-state index contributed by atoms with van der Waals surface area (Å²) in [5, 5.41) is 0.827. The molecule has 1 saturated carbocycles. The topological polar surface area (TPSA) is 37.4 Å². The number of rotatable bonds is 1. The molecule has 2 bridgehead atoms. The van der Waals surface area contributed by atoms with E-state index in [0.29, 0.717) is 10.7 Å². The van der Waals surface area contributed by atoms with Crippen LogP contribution in [0, 0.1) is 23.7 Å². The van der Waals surface area contributed by atoms with Crippen LogP contribution in [0.4, 0.5) is 5.69 Å². The van der Waals surface area contributed by atoms with Crippen LogP contribution in [-0.2, 0) is 9.59 Å². The smallest absolute Gasteiger partial charge is 0.238 e. The molecule has 0 aromatic heterocycles. The fourth-order valence-electron chi connectivity index (χ4n) is 3.82. The first kappa shape index (κ1) is 13.6. The lowest BCUT2D eigenvalue weighted by molar-refractivity contribution is -0.123. The molecule has 3 aliphatic rings. The van der Waals surface area contributed by atoms with E-state index in [-0.39, 0.29) is 45.5 Å².